The van der Waals surface area contributed by atoms with Crippen molar-refractivity contribution in [3.63, 3.8) is 0 Å². The largest absolute Gasteiger partial charge is 0.504 e. The lowest BCUT2D eigenvalue weighted by molar-refractivity contribution is -0.135. The number of aromatic hydroxyl groups is 1. The van der Waals surface area contributed by atoms with Crippen molar-refractivity contribution in [3.05, 3.63) is 16.4 Å². The van der Waals surface area contributed by atoms with Crippen LogP contribution in [0.1, 0.15) is 61.7 Å². The highest BCUT2D eigenvalue weighted by Crippen LogP contribution is 2.38. The fraction of sp³-hybridized carbons (Fsp3) is 0.529. The second-order valence-corrected chi connectivity index (χ2v) is 7.88. The highest BCUT2D eigenvalue weighted by atomic mass is 32.1. The molecular formula is C17H23N3O4S. The maximum atomic E-state index is 12.2. The molecule has 3 N–H and O–H groups in total. The van der Waals surface area contributed by atoms with Gasteiger partial charge in [0.1, 0.15) is 16.8 Å². The molecule has 2 rings (SSSR count). The number of pyridine rings is 1. The van der Waals surface area contributed by atoms with E-state index < -0.39 is 18.4 Å². The van der Waals surface area contributed by atoms with Gasteiger partial charge in [0.15, 0.2) is 11.4 Å². The zero-order valence-corrected chi connectivity index (χ0v) is 15.7. The number of hydrogen-bond donors (Lipinski definition) is 3. The molecule has 0 fully saturated rings. The van der Waals surface area contributed by atoms with E-state index in [0.717, 1.165) is 17.8 Å². The zero-order valence-electron chi connectivity index (χ0n) is 14.8. The molecule has 0 aromatic carbocycles. The quantitative estimate of drug-likeness (QED) is 0.725. The Morgan fingerprint density at radius 2 is 1.92 bits per heavy atom. The van der Waals surface area contributed by atoms with E-state index in [1.54, 1.807) is 0 Å². The molecule has 136 valence electrons. The number of unbranched alkanes of at least 4 members (excludes halogenated alkanes) is 1. The molecule has 7 nitrogen and oxygen atoms in total. The van der Waals surface area contributed by atoms with E-state index in [1.165, 1.54) is 11.3 Å². The van der Waals surface area contributed by atoms with Crippen LogP contribution in [0.3, 0.4) is 0 Å². The van der Waals surface area contributed by atoms with Gasteiger partial charge in [0.05, 0.1) is 10.7 Å². The van der Waals surface area contributed by atoms with Crippen molar-refractivity contribution >= 4 is 33.4 Å². The molecule has 0 spiro atoms. The standard InChI is InChI=1S/C17H23N3O4S/c1-5-6-7-9-11-14(25-16(20-11)17(2,3)4)13(23)12(19-9)15(24)18-8-10(21)22/h23H,5-8H2,1-4H3,(H,18,24)(H,21,22). The summed E-state index contributed by atoms with van der Waals surface area (Å²) in [5.41, 5.74) is 0.936. The number of thiazole rings is 1. The van der Waals surface area contributed by atoms with Crippen LogP contribution >= 0.6 is 11.3 Å². The summed E-state index contributed by atoms with van der Waals surface area (Å²) in [7, 11) is 0. The van der Waals surface area contributed by atoms with Crippen LogP contribution in [0.15, 0.2) is 0 Å². The molecule has 0 saturated carbocycles. The number of carbonyl (C=O) groups is 2. The molecule has 25 heavy (non-hydrogen) atoms. The summed E-state index contributed by atoms with van der Waals surface area (Å²) in [5, 5.41) is 22.3. The Morgan fingerprint density at radius 1 is 1.24 bits per heavy atom. The Kier molecular flexibility index (Phi) is 5.62. The van der Waals surface area contributed by atoms with Crippen molar-refractivity contribution in [2.24, 2.45) is 0 Å². The van der Waals surface area contributed by atoms with Gasteiger partial charge in [0.2, 0.25) is 0 Å². The van der Waals surface area contributed by atoms with Gasteiger partial charge in [0, 0.05) is 5.41 Å². The average molecular weight is 365 g/mol. The number of carboxylic acids is 1. The number of amides is 1. The second-order valence-electron chi connectivity index (χ2n) is 6.88. The molecule has 0 aliphatic carbocycles. The number of hydrogen-bond acceptors (Lipinski definition) is 6. The van der Waals surface area contributed by atoms with E-state index >= 15 is 0 Å². The number of aryl methyl sites for hydroxylation is 1. The van der Waals surface area contributed by atoms with Gasteiger partial charge >= 0.3 is 5.97 Å². The minimum Gasteiger partial charge on any atom is -0.504 e. The summed E-state index contributed by atoms with van der Waals surface area (Å²) in [5.74, 6) is -2.11. The molecule has 0 radical (unpaired) electrons. The molecule has 0 atom stereocenters. The van der Waals surface area contributed by atoms with Gasteiger partial charge in [-0.3, -0.25) is 9.59 Å². The molecule has 2 heterocycles. The predicted octanol–water partition coefficient (Wildman–Crippen LogP) is 2.85. The zero-order chi connectivity index (χ0) is 18.8. The predicted molar refractivity (Wildman–Crippen MR) is 96.4 cm³/mol. The first-order valence-electron chi connectivity index (χ1n) is 8.18. The Hall–Kier alpha value is -2.22. The van der Waals surface area contributed by atoms with Gasteiger partial charge < -0.3 is 15.5 Å². The Labute approximate surface area is 150 Å². The minimum absolute atomic E-state index is 0.149. The molecule has 0 unspecified atom stereocenters. The Balaban J connectivity index is 2.57. The smallest absolute Gasteiger partial charge is 0.322 e. The van der Waals surface area contributed by atoms with Gasteiger partial charge in [-0.1, -0.05) is 34.1 Å². The van der Waals surface area contributed by atoms with E-state index in [9.17, 15) is 14.7 Å². The molecular weight excluding hydrogens is 342 g/mol. The maximum Gasteiger partial charge on any atom is 0.322 e. The molecule has 0 bridgehead atoms. The number of nitrogens with one attached hydrogen (secondary N) is 1. The fourth-order valence-electron chi connectivity index (χ4n) is 2.26. The van der Waals surface area contributed by atoms with Crippen LogP contribution < -0.4 is 5.32 Å². The minimum atomic E-state index is -1.16. The third kappa shape index (κ3) is 4.25. The lowest BCUT2D eigenvalue weighted by atomic mass is 9.98. The summed E-state index contributed by atoms with van der Waals surface area (Å²) >= 11 is 1.34. The molecule has 2 aromatic heterocycles. The Bertz CT molecular complexity index is 808. The van der Waals surface area contributed by atoms with Gasteiger partial charge in [-0.05, 0) is 12.8 Å². The molecule has 0 saturated heterocycles. The van der Waals surface area contributed by atoms with E-state index in [-0.39, 0.29) is 16.9 Å². The SMILES string of the molecule is CCCCc1nc(C(=O)NCC(=O)O)c(O)c2sc(C(C)(C)C)nc12. The van der Waals surface area contributed by atoms with Gasteiger partial charge in [-0.2, -0.15) is 0 Å². The summed E-state index contributed by atoms with van der Waals surface area (Å²) < 4.78 is 0.520. The Morgan fingerprint density at radius 3 is 2.48 bits per heavy atom. The third-order valence-corrected chi connectivity index (χ3v) is 5.10. The number of aliphatic carboxylic acids is 1. The van der Waals surface area contributed by atoms with Crippen molar-refractivity contribution in [2.75, 3.05) is 6.54 Å². The van der Waals surface area contributed by atoms with Crippen LogP contribution in [0, 0.1) is 0 Å². The van der Waals surface area contributed by atoms with Crippen molar-refractivity contribution in [1.82, 2.24) is 15.3 Å². The third-order valence-electron chi connectivity index (χ3n) is 3.61. The molecule has 2 aromatic rings. The van der Waals surface area contributed by atoms with Gasteiger partial charge in [-0.15, -0.1) is 11.3 Å². The first-order chi connectivity index (χ1) is 11.6. The van der Waals surface area contributed by atoms with Crippen LogP contribution in [0.25, 0.3) is 10.2 Å². The van der Waals surface area contributed by atoms with Crippen LogP contribution in [0.4, 0.5) is 0 Å². The fourth-order valence-corrected chi connectivity index (χ4v) is 3.35. The molecule has 1 amide bonds. The average Bonchev–Trinajstić information content (AvgIpc) is 2.98. The first kappa shape index (κ1) is 19.1. The van der Waals surface area contributed by atoms with Gasteiger partial charge in [0.25, 0.3) is 5.91 Å². The summed E-state index contributed by atoms with van der Waals surface area (Å²) in [6, 6.07) is 0. The number of fused-ring (bicyclic) bond motifs is 1. The van der Waals surface area contributed by atoms with Crippen LogP contribution in [-0.4, -0.2) is 38.6 Å². The number of rotatable bonds is 6. The van der Waals surface area contributed by atoms with E-state index in [2.05, 4.69) is 22.2 Å². The summed E-state index contributed by atoms with van der Waals surface area (Å²) in [6.45, 7) is 7.61. The van der Waals surface area contributed by atoms with E-state index in [0.29, 0.717) is 22.3 Å². The second kappa shape index (κ2) is 7.35. The van der Waals surface area contributed by atoms with E-state index in [4.69, 9.17) is 5.11 Å². The number of nitrogens with zero attached hydrogens (tertiary/aromatic N) is 2. The molecule has 8 heteroatoms. The van der Waals surface area contributed by atoms with Crippen molar-refractivity contribution < 1.29 is 19.8 Å². The van der Waals surface area contributed by atoms with Crippen molar-refractivity contribution in [1.29, 1.82) is 0 Å². The number of carbonyl (C=O) groups excluding carboxylic acids is 1. The number of aromatic nitrogens is 2. The normalized spacial score (nSPS) is 11.7. The van der Waals surface area contributed by atoms with Crippen LogP contribution in [-0.2, 0) is 16.6 Å². The highest BCUT2D eigenvalue weighted by molar-refractivity contribution is 7.19. The molecule has 0 aliphatic heterocycles. The van der Waals surface area contributed by atoms with Crippen molar-refractivity contribution in [2.45, 2.75) is 52.4 Å². The van der Waals surface area contributed by atoms with Crippen LogP contribution in [0.2, 0.25) is 0 Å². The monoisotopic (exact) mass is 365 g/mol. The maximum absolute atomic E-state index is 12.2. The highest BCUT2D eigenvalue weighted by Gasteiger charge is 2.26. The number of carboxylic acid groups (broad SMARTS) is 1. The first-order valence-corrected chi connectivity index (χ1v) is 8.99. The summed E-state index contributed by atoms with van der Waals surface area (Å²) in [6.07, 6.45) is 2.48. The molecule has 0 aliphatic rings. The van der Waals surface area contributed by atoms with Crippen LogP contribution in [0.5, 0.6) is 5.75 Å². The van der Waals surface area contributed by atoms with Gasteiger partial charge in [-0.25, -0.2) is 9.97 Å². The van der Waals surface area contributed by atoms with Crippen molar-refractivity contribution in [3.8, 4) is 5.75 Å². The summed E-state index contributed by atoms with van der Waals surface area (Å²) in [4.78, 5) is 31.8. The van der Waals surface area contributed by atoms with E-state index in [1.807, 2.05) is 20.8 Å². The lowest BCUT2D eigenvalue weighted by Gasteiger charge is -2.13. The lowest BCUT2D eigenvalue weighted by Crippen LogP contribution is -2.30. The topological polar surface area (TPSA) is 112 Å².